The average Bonchev–Trinajstić information content (AvgIpc) is 2.77. The lowest BCUT2D eigenvalue weighted by Gasteiger charge is -2.23. The smallest absolute Gasteiger partial charge is 0.243 e. The van der Waals surface area contributed by atoms with E-state index in [2.05, 4.69) is 5.32 Å². The van der Waals surface area contributed by atoms with Crippen molar-refractivity contribution in [2.45, 2.75) is 32.2 Å². The van der Waals surface area contributed by atoms with Crippen LogP contribution in [0.25, 0.3) is 0 Å². The molecule has 1 N–H and O–H groups in total. The lowest BCUT2D eigenvalue weighted by molar-refractivity contribution is -0.116. The van der Waals surface area contributed by atoms with Gasteiger partial charge in [0.1, 0.15) is 5.75 Å². The van der Waals surface area contributed by atoms with Crippen LogP contribution in [0.1, 0.15) is 22.3 Å². The van der Waals surface area contributed by atoms with Crippen molar-refractivity contribution in [3.8, 4) is 5.75 Å². The van der Waals surface area contributed by atoms with E-state index in [1.807, 2.05) is 62.4 Å². The minimum atomic E-state index is -3.94. The minimum Gasteiger partial charge on any atom is -0.496 e. The molecule has 0 bridgehead atoms. The fourth-order valence-corrected chi connectivity index (χ4v) is 4.88. The third kappa shape index (κ3) is 5.36. The van der Waals surface area contributed by atoms with E-state index < -0.39 is 15.9 Å². The van der Waals surface area contributed by atoms with Gasteiger partial charge in [0.05, 0.1) is 18.6 Å². The molecule has 0 aliphatic rings. The van der Waals surface area contributed by atoms with E-state index >= 15 is 0 Å². The Labute approximate surface area is 189 Å². The van der Waals surface area contributed by atoms with Crippen molar-refractivity contribution >= 4 is 21.6 Å². The van der Waals surface area contributed by atoms with Gasteiger partial charge in [-0.25, -0.2) is 8.42 Å². The Balaban J connectivity index is 1.91. The Kier molecular flexibility index (Phi) is 7.33. The summed E-state index contributed by atoms with van der Waals surface area (Å²) < 4.78 is 33.5. The molecule has 3 aromatic carbocycles. The van der Waals surface area contributed by atoms with Gasteiger partial charge in [0.25, 0.3) is 0 Å². The fraction of sp³-hybridized carbons (Fsp3) is 0.240. The Bertz CT molecular complexity index is 1210. The molecule has 3 rings (SSSR count). The number of carbonyl (C=O) groups is 1. The highest BCUT2D eigenvalue weighted by Gasteiger charge is 2.27. The van der Waals surface area contributed by atoms with Gasteiger partial charge in [-0.2, -0.15) is 4.31 Å². The molecular formula is C25H28N2O4S. The molecule has 0 saturated heterocycles. The van der Waals surface area contributed by atoms with E-state index in [1.165, 1.54) is 17.5 Å². The maximum absolute atomic E-state index is 13.5. The molecule has 7 heteroatoms. The molecule has 0 unspecified atom stereocenters. The lowest BCUT2D eigenvalue weighted by Crippen LogP contribution is -2.37. The normalized spacial score (nSPS) is 11.4. The predicted octanol–water partition coefficient (Wildman–Crippen LogP) is 4.45. The standard InChI is InChI=1S/C25H28N2O4S/c1-18-9-8-12-23(20(18)3)26-25(28)17-27(16-21-10-6-5-7-11-21)32(29,30)22-13-14-24(31-4)19(2)15-22/h5-15H,16-17H2,1-4H3,(H,26,28). The third-order valence-corrected chi connectivity index (χ3v) is 7.19. The molecule has 6 nitrogen and oxygen atoms in total. The van der Waals surface area contributed by atoms with Crippen LogP contribution >= 0.6 is 0 Å². The molecule has 0 aromatic heterocycles. The van der Waals surface area contributed by atoms with Crippen LogP contribution in [0.2, 0.25) is 0 Å². The van der Waals surface area contributed by atoms with Crippen LogP contribution in [0.15, 0.2) is 71.6 Å². The van der Waals surface area contributed by atoms with Crippen molar-refractivity contribution in [3.05, 3.63) is 89.0 Å². The van der Waals surface area contributed by atoms with E-state index in [0.717, 1.165) is 16.7 Å². The van der Waals surface area contributed by atoms with Crippen molar-refractivity contribution in [3.63, 3.8) is 0 Å². The first-order chi connectivity index (χ1) is 15.2. The number of carbonyl (C=O) groups excluding carboxylic acids is 1. The molecule has 168 valence electrons. The number of methoxy groups -OCH3 is 1. The zero-order chi connectivity index (χ0) is 23.3. The van der Waals surface area contributed by atoms with Crippen LogP contribution < -0.4 is 10.1 Å². The maximum atomic E-state index is 13.5. The highest BCUT2D eigenvalue weighted by molar-refractivity contribution is 7.89. The highest BCUT2D eigenvalue weighted by atomic mass is 32.2. The van der Waals surface area contributed by atoms with Crippen LogP contribution in [-0.2, 0) is 21.4 Å². The zero-order valence-corrected chi connectivity index (χ0v) is 19.6. The van der Waals surface area contributed by atoms with Gasteiger partial charge in [-0.15, -0.1) is 0 Å². The SMILES string of the molecule is COc1ccc(S(=O)(=O)N(CC(=O)Nc2cccc(C)c2C)Cc2ccccc2)cc1C. The van der Waals surface area contributed by atoms with Crippen molar-refractivity contribution in [1.29, 1.82) is 0 Å². The van der Waals surface area contributed by atoms with Crippen molar-refractivity contribution in [1.82, 2.24) is 4.31 Å². The number of amides is 1. The molecular weight excluding hydrogens is 424 g/mol. The summed E-state index contributed by atoms with van der Waals surface area (Å²) in [4.78, 5) is 13.0. The summed E-state index contributed by atoms with van der Waals surface area (Å²) in [5, 5.41) is 2.86. The van der Waals surface area contributed by atoms with Crippen LogP contribution in [-0.4, -0.2) is 32.3 Å². The van der Waals surface area contributed by atoms with E-state index in [4.69, 9.17) is 4.74 Å². The molecule has 3 aromatic rings. The summed E-state index contributed by atoms with van der Waals surface area (Å²) >= 11 is 0. The molecule has 0 aliphatic heterocycles. The largest absolute Gasteiger partial charge is 0.496 e. The topological polar surface area (TPSA) is 75.7 Å². The van der Waals surface area contributed by atoms with E-state index in [9.17, 15) is 13.2 Å². The summed E-state index contributed by atoms with van der Waals surface area (Å²) in [5.74, 6) is 0.203. The van der Waals surface area contributed by atoms with Gasteiger partial charge in [-0.3, -0.25) is 4.79 Å². The predicted molar refractivity (Wildman–Crippen MR) is 126 cm³/mol. The van der Waals surface area contributed by atoms with Crippen molar-refractivity contribution in [2.24, 2.45) is 0 Å². The molecule has 0 radical (unpaired) electrons. The monoisotopic (exact) mass is 452 g/mol. The molecule has 0 aliphatic carbocycles. The quantitative estimate of drug-likeness (QED) is 0.548. The molecule has 0 heterocycles. The number of sulfonamides is 1. The summed E-state index contributed by atoms with van der Waals surface area (Å²) in [5.41, 5.74) is 4.16. The van der Waals surface area contributed by atoms with Gasteiger partial charge in [-0.05, 0) is 67.3 Å². The van der Waals surface area contributed by atoms with Crippen LogP contribution in [0.4, 0.5) is 5.69 Å². The second kappa shape index (κ2) is 9.97. The second-order valence-electron chi connectivity index (χ2n) is 7.69. The third-order valence-electron chi connectivity index (χ3n) is 5.40. The molecule has 0 fully saturated rings. The minimum absolute atomic E-state index is 0.0778. The van der Waals surface area contributed by atoms with Gasteiger partial charge >= 0.3 is 0 Å². The lowest BCUT2D eigenvalue weighted by atomic mass is 10.1. The zero-order valence-electron chi connectivity index (χ0n) is 18.8. The van der Waals surface area contributed by atoms with Gasteiger partial charge in [0, 0.05) is 12.2 Å². The van der Waals surface area contributed by atoms with E-state index in [-0.39, 0.29) is 18.0 Å². The second-order valence-corrected chi connectivity index (χ2v) is 9.62. The number of rotatable bonds is 8. The average molecular weight is 453 g/mol. The molecule has 0 spiro atoms. The van der Waals surface area contributed by atoms with E-state index in [0.29, 0.717) is 17.0 Å². The summed E-state index contributed by atoms with van der Waals surface area (Å²) in [7, 11) is -2.40. The molecule has 32 heavy (non-hydrogen) atoms. The number of benzene rings is 3. The number of nitrogens with zero attached hydrogens (tertiary/aromatic N) is 1. The number of nitrogens with one attached hydrogen (secondary N) is 1. The van der Waals surface area contributed by atoms with Gasteiger partial charge < -0.3 is 10.1 Å². The van der Waals surface area contributed by atoms with Crippen LogP contribution in [0.5, 0.6) is 5.75 Å². The number of hydrogen-bond donors (Lipinski definition) is 1. The summed E-state index contributed by atoms with van der Waals surface area (Å²) in [6, 6.07) is 19.5. The number of hydrogen-bond acceptors (Lipinski definition) is 4. The van der Waals surface area contributed by atoms with Crippen LogP contribution in [0.3, 0.4) is 0 Å². The number of aryl methyl sites for hydroxylation is 2. The van der Waals surface area contributed by atoms with Crippen molar-refractivity contribution in [2.75, 3.05) is 19.0 Å². The molecule has 0 saturated carbocycles. The van der Waals surface area contributed by atoms with Gasteiger partial charge in [0.2, 0.25) is 15.9 Å². The first kappa shape index (κ1) is 23.5. The first-order valence-corrected chi connectivity index (χ1v) is 11.7. The maximum Gasteiger partial charge on any atom is 0.243 e. The highest BCUT2D eigenvalue weighted by Crippen LogP contribution is 2.25. The molecule has 0 atom stereocenters. The fourth-order valence-electron chi connectivity index (χ4n) is 3.41. The summed E-state index contributed by atoms with van der Waals surface area (Å²) in [6.07, 6.45) is 0. The number of anilines is 1. The Morgan fingerprint density at radius 2 is 1.66 bits per heavy atom. The Morgan fingerprint density at radius 1 is 0.938 bits per heavy atom. The Morgan fingerprint density at radius 3 is 2.31 bits per heavy atom. The van der Waals surface area contributed by atoms with Gasteiger partial charge in [0.15, 0.2) is 0 Å². The van der Waals surface area contributed by atoms with Crippen molar-refractivity contribution < 1.29 is 17.9 Å². The van der Waals surface area contributed by atoms with Gasteiger partial charge in [-0.1, -0.05) is 42.5 Å². The van der Waals surface area contributed by atoms with Crippen LogP contribution in [0, 0.1) is 20.8 Å². The summed E-state index contributed by atoms with van der Waals surface area (Å²) in [6.45, 7) is 5.43. The Hall–Kier alpha value is -3.16. The van der Waals surface area contributed by atoms with E-state index in [1.54, 1.807) is 19.1 Å². The molecule has 1 amide bonds. The number of ether oxygens (including phenoxy) is 1. The first-order valence-electron chi connectivity index (χ1n) is 10.3.